The lowest BCUT2D eigenvalue weighted by atomic mass is 9.76. The second kappa shape index (κ2) is 8.95. The van der Waals surface area contributed by atoms with Gasteiger partial charge in [0.25, 0.3) is 0 Å². The van der Waals surface area contributed by atoms with E-state index in [1.54, 1.807) is 30.3 Å². The second-order valence-corrected chi connectivity index (χ2v) is 7.62. The monoisotopic (exact) mass is 475 g/mol. The number of carboxylic acids is 1. The van der Waals surface area contributed by atoms with Crippen molar-refractivity contribution in [2.24, 2.45) is 0 Å². The van der Waals surface area contributed by atoms with Crippen molar-refractivity contribution < 1.29 is 45.8 Å². The van der Waals surface area contributed by atoms with Gasteiger partial charge in [-0.2, -0.15) is 26.3 Å². The van der Waals surface area contributed by atoms with Crippen LogP contribution in [0.2, 0.25) is 0 Å². The molecule has 1 aliphatic heterocycles. The first-order chi connectivity index (χ1) is 15.4. The smallest absolute Gasteiger partial charge is 0.416 e. The number of nitrogens with zero attached hydrogens (tertiary/aromatic N) is 1. The quantitative estimate of drug-likeness (QED) is 0.572. The average molecular weight is 475 g/mol. The van der Waals surface area contributed by atoms with Gasteiger partial charge in [0.2, 0.25) is 0 Å². The third-order valence-electron chi connectivity index (χ3n) is 5.59. The fraction of sp³-hybridized carbons (Fsp3) is 0.364. The zero-order valence-electron chi connectivity index (χ0n) is 17.0. The first kappa shape index (κ1) is 24.4. The molecule has 178 valence electrons. The number of hydrogen-bond donors (Lipinski definition) is 1. The van der Waals surface area contributed by atoms with E-state index in [-0.39, 0.29) is 19.6 Å². The molecule has 33 heavy (non-hydrogen) atoms. The molecule has 2 aromatic rings. The van der Waals surface area contributed by atoms with Gasteiger partial charge in [-0.1, -0.05) is 42.5 Å². The van der Waals surface area contributed by atoms with Gasteiger partial charge >= 0.3 is 24.4 Å². The minimum atomic E-state index is -5.18. The highest BCUT2D eigenvalue weighted by molar-refractivity contribution is 5.87. The van der Waals surface area contributed by atoms with Gasteiger partial charge in [-0.25, -0.2) is 9.59 Å². The van der Waals surface area contributed by atoms with E-state index in [0.29, 0.717) is 34.7 Å². The average Bonchev–Trinajstić information content (AvgIpc) is 3.17. The maximum absolute atomic E-state index is 14.2. The molecule has 1 heterocycles. The zero-order chi connectivity index (χ0) is 24.4. The molecule has 0 aliphatic carbocycles. The lowest BCUT2D eigenvalue weighted by Gasteiger charge is -2.41. The summed E-state index contributed by atoms with van der Waals surface area (Å²) in [5.74, 6) is -4.68. The number of carboxylic acid groups (broad SMARTS) is 1. The number of hydrogen-bond acceptors (Lipinski definition) is 3. The number of carbonyl (C=O) groups is 2. The Morgan fingerprint density at radius 2 is 1.61 bits per heavy atom. The number of aliphatic carboxylic acids is 1. The fourth-order valence-electron chi connectivity index (χ4n) is 4.14. The molecule has 1 N–H and O–H groups in total. The number of halogens is 6. The van der Waals surface area contributed by atoms with Gasteiger partial charge in [0.1, 0.15) is 12.5 Å². The van der Waals surface area contributed by atoms with E-state index in [2.05, 4.69) is 0 Å². The summed E-state index contributed by atoms with van der Waals surface area (Å²) in [6.07, 6.45) is -11.8. The van der Waals surface area contributed by atoms with Crippen molar-refractivity contribution in [3.05, 3.63) is 71.3 Å². The van der Waals surface area contributed by atoms with Crippen molar-refractivity contribution >= 4 is 12.1 Å². The van der Waals surface area contributed by atoms with Gasteiger partial charge in [0.05, 0.1) is 5.56 Å². The Labute approximate surface area is 184 Å². The van der Waals surface area contributed by atoms with Crippen LogP contribution in [-0.2, 0) is 22.3 Å². The number of benzene rings is 2. The first-order valence-corrected chi connectivity index (χ1v) is 9.83. The summed E-state index contributed by atoms with van der Waals surface area (Å²) in [6, 6.07) is 10.3. The van der Waals surface area contributed by atoms with Gasteiger partial charge in [-0.05, 0) is 36.1 Å². The van der Waals surface area contributed by atoms with E-state index < -0.39 is 53.4 Å². The summed E-state index contributed by atoms with van der Waals surface area (Å²) in [4.78, 5) is 25.5. The Kier molecular flexibility index (Phi) is 6.62. The van der Waals surface area contributed by atoms with Crippen LogP contribution in [-0.4, -0.2) is 40.3 Å². The molecular formula is C22H19F6NO4. The number of ether oxygens (including phenoxy) is 1. The van der Waals surface area contributed by atoms with Gasteiger partial charge < -0.3 is 9.84 Å². The van der Waals surface area contributed by atoms with E-state index in [1.165, 1.54) is 0 Å². The summed E-state index contributed by atoms with van der Waals surface area (Å²) < 4.78 is 86.3. The Morgan fingerprint density at radius 1 is 1.00 bits per heavy atom. The Bertz CT molecular complexity index is 991. The normalized spacial score (nSPS) is 19.9. The molecule has 1 aliphatic rings. The summed E-state index contributed by atoms with van der Waals surface area (Å²) in [6.45, 7) is -0.601. The molecule has 3 rings (SSSR count). The molecule has 1 saturated heterocycles. The minimum Gasteiger partial charge on any atom is -0.479 e. The van der Waals surface area contributed by atoms with Gasteiger partial charge in [0.15, 0.2) is 5.54 Å². The molecular weight excluding hydrogens is 456 g/mol. The van der Waals surface area contributed by atoms with Gasteiger partial charge in [-0.15, -0.1) is 0 Å². The molecule has 0 bridgehead atoms. The second-order valence-electron chi connectivity index (χ2n) is 7.62. The molecule has 1 amide bonds. The predicted molar refractivity (Wildman–Crippen MR) is 103 cm³/mol. The summed E-state index contributed by atoms with van der Waals surface area (Å²) in [5, 5.41) is 9.92. The van der Waals surface area contributed by atoms with Crippen LogP contribution < -0.4 is 0 Å². The van der Waals surface area contributed by atoms with Crippen molar-refractivity contribution in [3.63, 3.8) is 0 Å². The summed E-state index contributed by atoms with van der Waals surface area (Å²) in [7, 11) is 0. The zero-order valence-corrected chi connectivity index (χ0v) is 17.0. The molecule has 0 radical (unpaired) electrons. The molecule has 1 unspecified atom stereocenters. The van der Waals surface area contributed by atoms with Crippen LogP contribution in [0, 0.1) is 0 Å². The van der Waals surface area contributed by atoms with Gasteiger partial charge in [0, 0.05) is 6.54 Å². The van der Waals surface area contributed by atoms with Crippen LogP contribution in [0.4, 0.5) is 31.1 Å². The third kappa shape index (κ3) is 4.91. The molecule has 5 nitrogen and oxygen atoms in total. The molecule has 2 aromatic carbocycles. The Balaban J connectivity index is 1.99. The van der Waals surface area contributed by atoms with E-state index in [9.17, 15) is 41.0 Å². The van der Waals surface area contributed by atoms with Crippen molar-refractivity contribution in [2.75, 3.05) is 6.54 Å². The highest BCUT2D eigenvalue weighted by atomic mass is 19.4. The van der Waals surface area contributed by atoms with E-state index >= 15 is 0 Å². The van der Waals surface area contributed by atoms with E-state index in [0.717, 1.165) is 0 Å². The van der Waals surface area contributed by atoms with Crippen molar-refractivity contribution in [3.8, 4) is 0 Å². The van der Waals surface area contributed by atoms with Crippen LogP contribution in [0.15, 0.2) is 54.6 Å². The van der Waals surface area contributed by atoms with Crippen LogP contribution in [0.1, 0.15) is 35.4 Å². The molecule has 2 atom stereocenters. The van der Waals surface area contributed by atoms with Crippen molar-refractivity contribution in [1.29, 1.82) is 0 Å². The number of alkyl halides is 6. The number of rotatable bonds is 5. The molecule has 0 spiro atoms. The molecule has 1 fully saturated rings. The number of amides is 1. The standard InChI is InChI=1S/C22H19F6NO4/c23-21(24,25)16-9-7-15(8-10-16)17(22(26,27)28)20(18(30)31)11-4-12-29(20)19(32)33-13-14-5-2-1-3-6-14/h1-3,5-10,17H,4,11-13H2,(H,30,31)/t17-,20?/m0/s1. The largest absolute Gasteiger partial charge is 0.479 e. The minimum absolute atomic E-state index is 0.0556. The maximum atomic E-state index is 14.2. The fourth-order valence-corrected chi connectivity index (χ4v) is 4.14. The SMILES string of the molecule is O=C(OCc1ccccc1)N1CCCC1(C(=O)O)[C@H](c1ccc(C(F)(F)F)cc1)C(F)(F)F. The predicted octanol–water partition coefficient (Wildman–Crippen LogP) is 5.61. The topological polar surface area (TPSA) is 66.8 Å². The number of likely N-dealkylation sites (tertiary alicyclic amines) is 1. The maximum Gasteiger partial charge on any atom is 0.416 e. The first-order valence-electron chi connectivity index (χ1n) is 9.83. The highest BCUT2D eigenvalue weighted by Gasteiger charge is 2.64. The Morgan fingerprint density at radius 3 is 2.12 bits per heavy atom. The lowest BCUT2D eigenvalue weighted by Crippen LogP contribution is -2.60. The van der Waals surface area contributed by atoms with Crippen LogP contribution in [0.5, 0.6) is 0 Å². The van der Waals surface area contributed by atoms with Crippen LogP contribution in [0.25, 0.3) is 0 Å². The summed E-state index contributed by atoms with van der Waals surface area (Å²) in [5.41, 5.74) is -4.10. The highest BCUT2D eigenvalue weighted by Crippen LogP contribution is 2.50. The van der Waals surface area contributed by atoms with Gasteiger partial charge in [-0.3, -0.25) is 4.90 Å². The number of carbonyl (C=O) groups excluding carboxylic acids is 1. The summed E-state index contributed by atoms with van der Waals surface area (Å²) >= 11 is 0. The lowest BCUT2D eigenvalue weighted by molar-refractivity contribution is -0.191. The molecule has 0 aromatic heterocycles. The van der Waals surface area contributed by atoms with E-state index in [4.69, 9.17) is 4.74 Å². The van der Waals surface area contributed by atoms with E-state index in [1.807, 2.05) is 0 Å². The van der Waals surface area contributed by atoms with Crippen molar-refractivity contribution in [1.82, 2.24) is 4.90 Å². The van der Waals surface area contributed by atoms with Crippen LogP contribution >= 0.6 is 0 Å². The third-order valence-corrected chi connectivity index (χ3v) is 5.59. The Hall–Kier alpha value is -3.24. The molecule has 0 saturated carbocycles. The van der Waals surface area contributed by atoms with Crippen molar-refractivity contribution in [2.45, 2.75) is 43.3 Å². The van der Waals surface area contributed by atoms with Crippen LogP contribution in [0.3, 0.4) is 0 Å². The molecule has 11 heteroatoms.